The highest BCUT2D eigenvalue weighted by molar-refractivity contribution is 7.14. The van der Waals surface area contributed by atoms with Crippen molar-refractivity contribution in [2.45, 2.75) is 32.2 Å². The summed E-state index contributed by atoms with van der Waals surface area (Å²) >= 11 is 0.683. The number of nitrogens with one attached hydrogen (secondary N) is 2. The lowest BCUT2D eigenvalue weighted by Crippen LogP contribution is -2.47. The van der Waals surface area contributed by atoms with E-state index in [1.54, 1.807) is 9.42 Å². The first-order valence-corrected chi connectivity index (χ1v) is 14.5. The molecule has 3 amide bonds. The fourth-order valence-corrected chi connectivity index (χ4v) is 6.11. The van der Waals surface area contributed by atoms with Crippen LogP contribution in [0.2, 0.25) is 0 Å². The van der Waals surface area contributed by atoms with E-state index in [-0.39, 0.29) is 46.4 Å². The highest BCUT2D eigenvalue weighted by atomic mass is 32.1. The highest BCUT2D eigenvalue weighted by Gasteiger charge is 2.30. The van der Waals surface area contributed by atoms with Crippen molar-refractivity contribution >= 4 is 51.8 Å². The molecular weight excluding hydrogens is 586 g/mol. The fourth-order valence-electron chi connectivity index (χ4n) is 5.25. The number of ether oxygens (including phenoxy) is 2. The minimum Gasteiger partial charge on any atom is -0.490 e. The Morgan fingerprint density at radius 1 is 1.28 bits per heavy atom. The zero-order valence-electron chi connectivity index (χ0n) is 23.6. The predicted octanol–water partition coefficient (Wildman–Crippen LogP) is 2.69. The van der Waals surface area contributed by atoms with Gasteiger partial charge in [0.15, 0.2) is 5.82 Å². The molecule has 3 aromatic rings. The number of methoxy groups -OCH3 is 1. The molecule has 1 saturated heterocycles. The summed E-state index contributed by atoms with van der Waals surface area (Å²) in [6, 6.07) is 2.82. The van der Waals surface area contributed by atoms with Crippen molar-refractivity contribution in [1.29, 1.82) is 0 Å². The van der Waals surface area contributed by atoms with E-state index in [1.165, 1.54) is 26.4 Å². The second-order valence-corrected chi connectivity index (χ2v) is 11.2. The molecule has 0 aromatic carbocycles. The number of amides is 3. The number of piperidine rings is 1. The Morgan fingerprint density at radius 3 is 2.84 bits per heavy atom. The van der Waals surface area contributed by atoms with E-state index in [1.807, 2.05) is 12.1 Å². The minimum atomic E-state index is -2.76. The van der Waals surface area contributed by atoms with Crippen LogP contribution < -0.4 is 26.0 Å². The van der Waals surface area contributed by atoms with Crippen LogP contribution in [0.25, 0.3) is 11.1 Å². The lowest BCUT2D eigenvalue weighted by Gasteiger charge is -2.34. The number of hydrogen-bond donors (Lipinski definition) is 3. The van der Waals surface area contributed by atoms with Crippen molar-refractivity contribution in [1.82, 2.24) is 30.1 Å². The van der Waals surface area contributed by atoms with E-state index in [0.717, 1.165) is 23.4 Å². The molecule has 0 spiro atoms. The SMILES string of the molecule is COC(=O)N1CC=C(c2cc(N3CCC[C@@H](NC(=O)c4sc(C(F)F)cc4OCCNC(C)=O)C3)c3c(N)ncnn23)C1. The molecule has 5 rings (SSSR count). The molecule has 43 heavy (non-hydrogen) atoms. The van der Waals surface area contributed by atoms with Gasteiger partial charge in [0.25, 0.3) is 12.3 Å². The Bertz CT molecular complexity index is 1560. The number of carbonyl (C=O) groups is 3. The number of nitrogens with zero attached hydrogens (tertiary/aromatic N) is 5. The standard InChI is InChI=1S/C27H32F2N8O5S/c1-15(38)31-6-9-42-20-11-21(24(28)29)43-23(20)26(39)34-17-4-3-7-35(13-17)19-10-18(37-22(19)25(30)32-14-33-37)16-5-8-36(12-16)27(40)41-2/h5,10-11,14,17,24H,3-4,6-9,12-13H2,1-2H3,(H,31,38)(H,34,39)(H2,30,32,33)/t17-/m1/s1. The summed E-state index contributed by atoms with van der Waals surface area (Å²) in [5.41, 5.74) is 9.33. The third kappa shape index (κ3) is 6.48. The van der Waals surface area contributed by atoms with Crippen LogP contribution in [0, 0.1) is 0 Å². The number of carbonyl (C=O) groups excluding carboxylic acids is 3. The van der Waals surface area contributed by atoms with Crippen LogP contribution in [0.1, 0.15) is 46.4 Å². The molecule has 4 N–H and O–H groups in total. The number of hydrogen-bond acceptors (Lipinski definition) is 10. The predicted molar refractivity (Wildman–Crippen MR) is 156 cm³/mol. The largest absolute Gasteiger partial charge is 0.490 e. The summed E-state index contributed by atoms with van der Waals surface area (Å²) < 4.78 is 39.1. The Balaban J connectivity index is 1.34. The molecule has 1 fully saturated rings. The summed E-state index contributed by atoms with van der Waals surface area (Å²) in [5.74, 6) is -0.427. The van der Waals surface area contributed by atoms with Crippen molar-refractivity contribution in [3.63, 3.8) is 0 Å². The van der Waals surface area contributed by atoms with Gasteiger partial charge < -0.3 is 35.6 Å². The quantitative estimate of drug-likeness (QED) is 0.307. The molecule has 0 aliphatic carbocycles. The van der Waals surface area contributed by atoms with E-state index in [4.69, 9.17) is 15.2 Å². The second kappa shape index (κ2) is 12.8. The van der Waals surface area contributed by atoms with Gasteiger partial charge in [-0.25, -0.2) is 23.1 Å². The van der Waals surface area contributed by atoms with E-state index in [0.29, 0.717) is 49.5 Å². The van der Waals surface area contributed by atoms with Gasteiger partial charge in [0.05, 0.1) is 36.5 Å². The van der Waals surface area contributed by atoms with Gasteiger partial charge in [-0.3, -0.25) is 9.59 Å². The molecule has 2 aliphatic heterocycles. The average Bonchev–Trinajstić information content (AvgIpc) is 3.72. The number of fused-ring (bicyclic) bond motifs is 1. The Morgan fingerprint density at radius 2 is 2.09 bits per heavy atom. The number of anilines is 2. The third-order valence-electron chi connectivity index (χ3n) is 7.21. The van der Waals surface area contributed by atoms with Gasteiger partial charge in [0.1, 0.15) is 29.1 Å². The molecule has 13 nitrogen and oxygen atoms in total. The van der Waals surface area contributed by atoms with Crippen molar-refractivity contribution in [2.75, 3.05) is 57.1 Å². The maximum absolute atomic E-state index is 13.5. The molecule has 5 heterocycles. The third-order valence-corrected chi connectivity index (χ3v) is 8.34. The monoisotopic (exact) mass is 618 g/mol. The zero-order valence-corrected chi connectivity index (χ0v) is 24.5. The Labute approximate surface area is 249 Å². The molecule has 1 atom stereocenters. The van der Waals surface area contributed by atoms with Crippen molar-refractivity contribution in [3.05, 3.63) is 40.0 Å². The molecule has 0 unspecified atom stereocenters. The topological polar surface area (TPSA) is 156 Å². The summed E-state index contributed by atoms with van der Waals surface area (Å²) in [6.45, 7) is 3.41. The number of rotatable bonds is 9. The molecular formula is C27H32F2N8O5S. The lowest BCUT2D eigenvalue weighted by molar-refractivity contribution is -0.119. The first kappa shape index (κ1) is 30.0. The Hall–Kier alpha value is -4.47. The highest BCUT2D eigenvalue weighted by Crippen LogP contribution is 2.37. The summed E-state index contributed by atoms with van der Waals surface area (Å²) in [4.78, 5) is 44.1. The first-order chi connectivity index (χ1) is 20.7. The number of halogens is 2. The van der Waals surface area contributed by atoms with Gasteiger partial charge in [0.2, 0.25) is 5.91 Å². The maximum atomic E-state index is 13.5. The van der Waals surface area contributed by atoms with Crippen LogP contribution >= 0.6 is 11.3 Å². The summed E-state index contributed by atoms with van der Waals surface area (Å²) in [6.07, 6.45) is 1.55. The summed E-state index contributed by atoms with van der Waals surface area (Å²) in [7, 11) is 1.34. The van der Waals surface area contributed by atoms with Crippen LogP contribution in [-0.4, -0.2) is 89.9 Å². The molecule has 0 saturated carbocycles. The average molecular weight is 619 g/mol. The van der Waals surface area contributed by atoms with Crippen LogP contribution in [-0.2, 0) is 9.53 Å². The smallest absolute Gasteiger partial charge is 0.410 e. The van der Waals surface area contributed by atoms with E-state index < -0.39 is 18.4 Å². The number of aromatic nitrogens is 3. The van der Waals surface area contributed by atoms with Crippen molar-refractivity contribution in [3.8, 4) is 5.75 Å². The van der Waals surface area contributed by atoms with Gasteiger partial charge in [-0.05, 0) is 24.5 Å². The molecule has 0 bridgehead atoms. The van der Waals surface area contributed by atoms with E-state index >= 15 is 0 Å². The fraction of sp³-hybridized carbons (Fsp3) is 0.444. The number of nitrogen functional groups attached to an aromatic ring is 1. The molecule has 16 heteroatoms. The van der Waals surface area contributed by atoms with Crippen LogP contribution in [0.5, 0.6) is 5.75 Å². The normalized spacial score (nSPS) is 16.9. The number of thiophene rings is 1. The molecule has 230 valence electrons. The Kier molecular flexibility index (Phi) is 8.94. The molecule has 3 aromatic heterocycles. The molecule has 0 radical (unpaired) electrons. The van der Waals surface area contributed by atoms with Crippen LogP contribution in [0.3, 0.4) is 0 Å². The van der Waals surface area contributed by atoms with Crippen molar-refractivity contribution in [2.24, 2.45) is 0 Å². The number of nitrogens with two attached hydrogens (primary N) is 1. The van der Waals surface area contributed by atoms with Gasteiger partial charge in [-0.1, -0.05) is 6.08 Å². The van der Waals surface area contributed by atoms with Crippen LogP contribution in [0.4, 0.5) is 25.1 Å². The van der Waals surface area contributed by atoms with Gasteiger partial charge in [-0.2, -0.15) is 5.10 Å². The minimum absolute atomic E-state index is 0.0257. The maximum Gasteiger partial charge on any atom is 0.410 e. The lowest BCUT2D eigenvalue weighted by atomic mass is 10.0. The van der Waals surface area contributed by atoms with Gasteiger partial charge >= 0.3 is 6.09 Å². The van der Waals surface area contributed by atoms with Crippen molar-refractivity contribution < 1.29 is 32.6 Å². The van der Waals surface area contributed by atoms with E-state index in [9.17, 15) is 23.2 Å². The van der Waals surface area contributed by atoms with E-state index in [2.05, 4.69) is 25.6 Å². The number of alkyl halides is 2. The first-order valence-electron chi connectivity index (χ1n) is 13.7. The van der Waals surface area contributed by atoms with Gasteiger partial charge in [0, 0.05) is 38.7 Å². The molecule has 2 aliphatic rings. The van der Waals surface area contributed by atoms with Crippen LogP contribution in [0.15, 0.2) is 24.5 Å². The van der Waals surface area contributed by atoms with Gasteiger partial charge in [-0.15, -0.1) is 11.3 Å². The second-order valence-electron chi connectivity index (χ2n) is 10.1. The zero-order chi connectivity index (χ0) is 30.7. The summed E-state index contributed by atoms with van der Waals surface area (Å²) in [5, 5.41) is 9.97.